The average Bonchev–Trinajstić information content (AvgIpc) is 3.14. The normalized spacial score (nSPS) is 14.3. The highest BCUT2D eigenvalue weighted by Gasteiger charge is 2.29. The van der Waals surface area contributed by atoms with Crippen molar-refractivity contribution >= 4 is 43.5 Å². The van der Waals surface area contributed by atoms with Gasteiger partial charge in [0.05, 0.1) is 11.5 Å². The van der Waals surface area contributed by atoms with E-state index in [-0.39, 0.29) is 4.90 Å². The molecule has 0 aromatic heterocycles. The summed E-state index contributed by atoms with van der Waals surface area (Å²) in [5.41, 5.74) is 1.80. The summed E-state index contributed by atoms with van der Waals surface area (Å²) in [5.74, 6) is -1.45. The van der Waals surface area contributed by atoms with Crippen LogP contribution in [0.1, 0.15) is 5.56 Å². The number of aliphatic hydroxyl groups excluding tert-OH is 1. The number of rotatable bonds is 7. The molecule has 1 aliphatic rings. The van der Waals surface area contributed by atoms with E-state index in [2.05, 4.69) is 20.7 Å². The Balaban J connectivity index is 1.60. The van der Waals surface area contributed by atoms with Gasteiger partial charge < -0.3 is 14.7 Å². The van der Waals surface area contributed by atoms with E-state index < -0.39 is 41.2 Å². The Morgan fingerprint density at radius 3 is 2.55 bits per heavy atom. The first-order valence-corrected chi connectivity index (χ1v) is 11.0. The number of esters is 1. The number of hydrogen-bond donors (Lipinski definition) is 2. The molecule has 1 aliphatic heterocycles. The number of para-hydroxylation sites is 1. The number of carbonyl (C=O) groups is 2. The molecule has 154 valence electrons. The maximum Gasteiger partial charge on any atom is 0.327 e. The lowest BCUT2D eigenvalue weighted by atomic mass is 10.2. The number of aliphatic hydroxyl groups is 1. The molecule has 0 radical (unpaired) electrons. The summed E-state index contributed by atoms with van der Waals surface area (Å²) in [6, 6.07) is 11.7. The predicted molar refractivity (Wildman–Crippen MR) is 109 cm³/mol. The lowest BCUT2D eigenvalue weighted by Crippen LogP contribution is -2.45. The van der Waals surface area contributed by atoms with E-state index in [0.717, 1.165) is 11.3 Å². The molecule has 0 spiro atoms. The zero-order chi connectivity index (χ0) is 21.0. The van der Waals surface area contributed by atoms with Crippen LogP contribution in [0.3, 0.4) is 0 Å². The molecule has 0 saturated heterocycles. The summed E-state index contributed by atoms with van der Waals surface area (Å²) < 4.78 is 32.5. The lowest BCUT2D eigenvalue weighted by molar-refractivity contribution is -0.150. The van der Waals surface area contributed by atoms with Crippen molar-refractivity contribution in [3.8, 4) is 0 Å². The van der Waals surface area contributed by atoms with Gasteiger partial charge in [-0.05, 0) is 42.3 Å². The Morgan fingerprint density at radius 1 is 1.17 bits per heavy atom. The molecule has 2 aromatic rings. The van der Waals surface area contributed by atoms with Crippen molar-refractivity contribution in [3.05, 3.63) is 58.6 Å². The second-order valence-electron chi connectivity index (χ2n) is 6.34. The summed E-state index contributed by atoms with van der Waals surface area (Å²) in [5, 5.41) is 9.43. The van der Waals surface area contributed by atoms with Gasteiger partial charge >= 0.3 is 5.97 Å². The van der Waals surface area contributed by atoms with Crippen molar-refractivity contribution in [2.24, 2.45) is 0 Å². The molecule has 2 aromatic carbocycles. The second kappa shape index (κ2) is 9.04. The topological polar surface area (TPSA) is 113 Å². The first-order chi connectivity index (χ1) is 13.8. The Morgan fingerprint density at radius 2 is 1.86 bits per heavy atom. The summed E-state index contributed by atoms with van der Waals surface area (Å²) in [7, 11) is -4.05. The number of fused-ring (bicyclic) bond motifs is 1. The van der Waals surface area contributed by atoms with Gasteiger partial charge in [-0.25, -0.2) is 8.42 Å². The number of carbonyl (C=O) groups excluding carboxylic acids is 2. The predicted octanol–water partition coefficient (Wildman–Crippen LogP) is 1.22. The van der Waals surface area contributed by atoms with Crippen LogP contribution in [0.5, 0.6) is 0 Å². The van der Waals surface area contributed by atoms with Gasteiger partial charge in [-0.2, -0.15) is 4.72 Å². The van der Waals surface area contributed by atoms with Crippen molar-refractivity contribution in [1.29, 1.82) is 0 Å². The number of anilines is 1. The number of hydrogen-bond acceptors (Lipinski definition) is 6. The van der Waals surface area contributed by atoms with E-state index in [1.165, 1.54) is 29.2 Å². The van der Waals surface area contributed by atoms with E-state index in [4.69, 9.17) is 4.74 Å². The molecule has 0 saturated carbocycles. The van der Waals surface area contributed by atoms with Crippen molar-refractivity contribution in [2.75, 3.05) is 24.7 Å². The number of nitrogens with zero attached hydrogens (tertiary/aromatic N) is 1. The summed E-state index contributed by atoms with van der Waals surface area (Å²) >= 11 is 3.21. The standard InChI is InChI=1S/C19H19BrN2O6S/c20-14-5-7-15(8-6-14)29(26,27)21-16(11-23)19(25)28-12-18(24)22-10-9-13-3-1-2-4-17(13)22/h1-8,16,21,23H,9-12H2. The lowest BCUT2D eigenvalue weighted by Gasteiger charge is -2.19. The molecule has 3 rings (SSSR count). The monoisotopic (exact) mass is 482 g/mol. The number of ether oxygens (including phenoxy) is 1. The van der Waals surface area contributed by atoms with Gasteiger partial charge in [-0.15, -0.1) is 0 Å². The van der Waals surface area contributed by atoms with Crippen molar-refractivity contribution in [2.45, 2.75) is 17.4 Å². The molecule has 1 amide bonds. The van der Waals surface area contributed by atoms with E-state index in [9.17, 15) is 23.1 Å². The van der Waals surface area contributed by atoms with Crippen molar-refractivity contribution in [3.63, 3.8) is 0 Å². The minimum absolute atomic E-state index is 0.0725. The number of sulfonamides is 1. The number of nitrogens with one attached hydrogen (secondary N) is 1. The first-order valence-electron chi connectivity index (χ1n) is 8.75. The van der Waals surface area contributed by atoms with Crippen LogP contribution in [0.4, 0.5) is 5.69 Å². The van der Waals surface area contributed by atoms with Crippen LogP contribution >= 0.6 is 15.9 Å². The third-order valence-electron chi connectivity index (χ3n) is 4.41. The number of halogens is 1. The molecule has 1 unspecified atom stereocenters. The fraction of sp³-hybridized carbons (Fsp3) is 0.263. The fourth-order valence-electron chi connectivity index (χ4n) is 2.94. The van der Waals surface area contributed by atoms with E-state index in [0.29, 0.717) is 17.4 Å². The van der Waals surface area contributed by atoms with E-state index in [1.807, 2.05) is 24.3 Å². The maximum atomic E-state index is 12.4. The van der Waals surface area contributed by atoms with Gasteiger partial charge in [0.15, 0.2) is 6.61 Å². The molecule has 2 N–H and O–H groups in total. The minimum Gasteiger partial charge on any atom is -0.454 e. The molecule has 8 nitrogen and oxygen atoms in total. The SMILES string of the molecule is O=C(OCC(=O)N1CCc2ccccc21)C(CO)NS(=O)(=O)c1ccc(Br)cc1. The molecular formula is C19H19BrN2O6S. The van der Waals surface area contributed by atoms with Crippen LogP contribution in [0.25, 0.3) is 0 Å². The minimum atomic E-state index is -4.05. The largest absolute Gasteiger partial charge is 0.454 e. The first kappa shape index (κ1) is 21.4. The summed E-state index contributed by atoms with van der Waals surface area (Å²) in [6.45, 7) is -0.881. The van der Waals surface area contributed by atoms with Crippen LogP contribution in [0, 0.1) is 0 Å². The van der Waals surface area contributed by atoms with Gasteiger partial charge in [0.2, 0.25) is 10.0 Å². The van der Waals surface area contributed by atoms with Gasteiger partial charge in [0, 0.05) is 16.7 Å². The molecule has 1 heterocycles. The number of amides is 1. The zero-order valence-corrected chi connectivity index (χ0v) is 17.6. The van der Waals surface area contributed by atoms with E-state index in [1.54, 1.807) is 0 Å². The fourth-order valence-corrected chi connectivity index (χ4v) is 4.38. The van der Waals surface area contributed by atoms with Gasteiger partial charge in [0.25, 0.3) is 5.91 Å². The van der Waals surface area contributed by atoms with Crippen LogP contribution in [-0.2, 0) is 30.8 Å². The van der Waals surface area contributed by atoms with Crippen LogP contribution in [0.15, 0.2) is 57.9 Å². The van der Waals surface area contributed by atoms with Crippen LogP contribution < -0.4 is 9.62 Å². The van der Waals surface area contributed by atoms with Crippen LogP contribution in [-0.4, -0.2) is 51.2 Å². The van der Waals surface area contributed by atoms with Gasteiger partial charge in [0.1, 0.15) is 6.04 Å². The molecule has 1 atom stereocenters. The third-order valence-corrected chi connectivity index (χ3v) is 6.43. The molecule has 29 heavy (non-hydrogen) atoms. The van der Waals surface area contributed by atoms with Crippen LogP contribution in [0.2, 0.25) is 0 Å². The molecule has 10 heteroatoms. The number of benzene rings is 2. The highest BCUT2D eigenvalue weighted by Crippen LogP contribution is 2.27. The highest BCUT2D eigenvalue weighted by molar-refractivity contribution is 9.10. The quantitative estimate of drug-likeness (QED) is 0.573. The molecule has 0 aliphatic carbocycles. The zero-order valence-electron chi connectivity index (χ0n) is 15.2. The molecule has 0 fully saturated rings. The van der Waals surface area contributed by atoms with Gasteiger partial charge in [-0.3, -0.25) is 9.59 Å². The third kappa shape index (κ3) is 5.02. The Labute approximate surface area is 176 Å². The Bertz CT molecular complexity index is 1010. The highest BCUT2D eigenvalue weighted by atomic mass is 79.9. The van der Waals surface area contributed by atoms with Crippen molar-refractivity contribution in [1.82, 2.24) is 4.72 Å². The smallest absolute Gasteiger partial charge is 0.327 e. The Hall–Kier alpha value is -2.27. The average molecular weight is 483 g/mol. The van der Waals surface area contributed by atoms with Gasteiger partial charge in [-0.1, -0.05) is 34.1 Å². The maximum absolute atomic E-state index is 12.4. The molecule has 0 bridgehead atoms. The Kier molecular flexibility index (Phi) is 6.68. The van der Waals surface area contributed by atoms with Crippen molar-refractivity contribution < 1.29 is 27.9 Å². The second-order valence-corrected chi connectivity index (χ2v) is 8.97. The van der Waals surface area contributed by atoms with E-state index >= 15 is 0 Å². The molecular weight excluding hydrogens is 464 g/mol. The summed E-state index contributed by atoms with van der Waals surface area (Å²) in [6.07, 6.45) is 0.710. The summed E-state index contributed by atoms with van der Waals surface area (Å²) in [4.78, 5) is 26.1.